The molecule has 1 N–H and O–H groups in total. The molecule has 2 unspecified atom stereocenters. The summed E-state index contributed by atoms with van der Waals surface area (Å²) in [6, 6.07) is 0.643. The van der Waals surface area contributed by atoms with E-state index in [-0.39, 0.29) is 5.91 Å². The molecule has 1 aliphatic carbocycles. The Morgan fingerprint density at radius 1 is 1.43 bits per heavy atom. The Bertz CT molecular complexity index is 192. The summed E-state index contributed by atoms with van der Waals surface area (Å²) in [5.41, 5.74) is 0. The van der Waals surface area contributed by atoms with Crippen molar-refractivity contribution in [2.45, 2.75) is 38.6 Å². The van der Waals surface area contributed by atoms with Gasteiger partial charge in [-0.1, -0.05) is 13.3 Å². The Morgan fingerprint density at radius 2 is 2.14 bits per heavy atom. The van der Waals surface area contributed by atoms with Gasteiger partial charge in [-0.25, -0.2) is 0 Å². The zero-order valence-corrected chi connectivity index (χ0v) is 9.55. The van der Waals surface area contributed by atoms with Crippen molar-refractivity contribution in [1.29, 1.82) is 0 Å². The number of carbonyl (C=O) groups excluding carboxylic acids is 1. The number of amides is 1. The van der Waals surface area contributed by atoms with Crippen LogP contribution in [0.4, 0.5) is 0 Å². The molecule has 0 heterocycles. The Balaban J connectivity index is 2.12. The van der Waals surface area contributed by atoms with E-state index in [2.05, 4.69) is 12.2 Å². The molecule has 0 saturated heterocycles. The minimum absolute atomic E-state index is 0.211. The molecular formula is C11H22N2O. The summed E-state index contributed by atoms with van der Waals surface area (Å²) in [6.45, 7) is 3.12. The van der Waals surface area contributed by atoms with Crippen molar-refractivity contribution >= 4 is 5.91 Å². The number of carbonyl (C=O) groups is 1. The maximum absolute atomic E-state index is 11.3. The van der Waals surface area contributed by atoms with E-state index < -0.39 is 0 Å². The maximum Gasteiger partial charge on any atom is 0.223 e. The van der Waals surface area contributed by atoms with Gasteiger partial charge in [0.15, 0.2) is 0 Å². The van der Waals surface area contributed by atoms with E-state index in [9.17, 15) is 4.79 Å². The molecule has 3 nitrogen and oxygen atoms in total. The highest BCUT2D eigenvalue weighted by Crippen LogP contribution is 2.24. The third-order valence-electron chi connectivity index (χ3n) is 3.11. The molecule has 1 rings (SSSR count). The van der Waals surface area contributed by atoms with E-state index in [0.29, 0.717) is 12.5 Å². The predicted octanol–water partition coefficient (Wildman–Crippen LogP) is 1.24. The number of nitrogens with zero attached hydrogens (tertiary/aromatic N) is 1. The molecule has 82 valence electrons. The van der Waals surface area contributed by atoms with Gasteiger partial charge in [-0.05, 0) is 18.8 Å². The van der Waals surface area contributed by atoms with Crippen molar-refractivity contribution in [1.82, 2.24) is 10.2 Å². The highest BCUT2D eigenvalue weighted by atomic mass is 16.2. The van der Waals surface area contributed by atoms with Crippen molar-refractivity contribution in [2.75, 3.05) is 20.6 Å². The maximum atomic E-state index is 11.3. The van der Waals surface area contributed by atoms with Crippen LogP contribution in [0.3, 0.4) is 0 Å². The first-order chi connectivity index (χ1) is 6.61. The van der Waals surface area contributed by atoms with Crippen LogP contribution in [-0.4, -0.2) is 37.5 Å². The van der Waals surface area contributed by atoms with E-state index in [0.717, 1.165) is 12.5 Å². The van der Waals surface area contributed by atoms with Crippen molar-refractivity contribution < 1.29 is 4.79 Å². The summed E-state index contributed by atoms with van der Waals surface area (Å²) < 4.78 is 0. The van der Waals surface area contributed by atoms with E-state index in [1.54, 1.807) is 19.0 Å². The molecule has 1 saturated carbocycles. The quantitative estimate of drug-likeness (QED) is 0.737. The van der Waals surface area contributed by atoms with E-state index in [1.165, 1.54) is 19.3 Å². The molecule has 0 aromatic rings. The monoisotopic (exact) mass is 198 g/mol. The third kappa shape index (κ3) is 3.29. The van der Waals surface area contributed by atoms with Crippen LogP contribution in [0.2, 0.25) is 0 Å². The van der Waals surface area contributed by atoms with Crippen molar-refractivity contribution in [3.63, 3.8) is 0 Å². The van der Waals surface area contributed by atoms with Crippen LogP contribution in [0.25, 0.3) is 0 Å². The SMILES string of the molecule is CC1CCCC1NCCC(=O)N(C)C. The fraction of sp³-hybridized carbons (Fsp3) is 0.909. The number of nitrogens with one attached hydrogen (secondary N) is 1. The van der Waals surface area contributed by atoms with E-state index in [4.69, 9.17) is 0 Å². The molecular weight excluding hydrogens is 176 g/mol. The van der Waals surface area contributed by atoms with Gasteiger partial charge in [0, 0.05) is 33.1 Å². The second-order valence-corrected chi connectivity index (χ2v) is 4.51. The minimum atomic E-state index is 0.211. The van der Waals surface area contributed by atoms with Crippen LogP contribution in [-0.2, 0) is 4.79 Å². The van der Waals surface area contributed by atoms with Gasteiger partial charge < -0.3 is 10.2 Å². The fourth-order valence-electron chi connectivity index (χ4n) is 2.04. The largest absolute Gasteiger partial charge is 0.349 e. The van der Waals surface area contributed by atoms with Crippen LogP contribution in [0.5, 0.6) is 0 Å². The molecule has 0 spiro atoms. The van der Waals surface area contributed by atoms with Crippen LogP contribution >= 0.6 is 0 Å². The highest BCUT2D eigenvalue weighted by molar-refractivity contribution is 5.75. The minimum Gasteiger partial charge on any atom is -0.349 e. The Hall–Kier alpha value is -0.570. The normalized spacial score (nSPS) is 26.5. The van der Waals surface area contributed by atoms with Gasteiger partial charge in [0.1, 0.15) is 0 Å². The number of hydrogen-bond acceptors (Lipinski definition) is 2. The van der Waals surface area contributed by atoms with E-state index >= 15 is 0 Å². The molecule has 3 heteroatoms. The molecule has 1 amide bonds. The summed E-state index contributed by atoms with van der Waals surface area (Å²) in [4.78, 5) is 12.9. The molecule has 1 fully saturated rings. The second kappa shape index (κ2) is 5.35. The Morgan fingerprint density at radius 3 is 2.64 bits per heavy atom. The number of hydrogen-bond donors (Lipinski definition) is 1. The Labute approximate surface area is 86.9 Å². The number of rotatable bonds is 4. The van der Waals surface area contributed by atoms with Gasteiger partial charge in [0.25, 0.3) is 0 Å². The molecule has 0 aromatic carbocycles. The zero-order chi connectivity index (χ0) is 10.6. The lowest BCUT2D eigenvalue weighted by Crippen LogP contribution is -2.34. The molecule has 0 bridgehead atoms. The first-order valence-corrected chi connectivity index (χ1v) is 5.55. The predicted molar refractivity (Wildman–Crippen MR) is 58.1 cm³/mol. The van der Waals surface area contributed by atoms with Crippen LogP contribution in [0, 0.1) is 5.92 Å². The summed E-state index contributed by atoms with van der Waals surface area (Å²) in [7, 11) is 3.61. The van der Waals surface area contributed by atoms with Gasteiger partial charge in [-0.15, -0.1) is 0 Å². The van der Waals surface area contributed by atoms with Crippen LogP contribution in [0.1, 0.15) is 32.6 Å². The van der Waals surface area contributed by atoms with Crippen molar-refractivity contribution in [3.05, 3.63) is 0 Å². The lowest BCUT2D eigenvalue weighted by atomic mass is 10.1. The van der Waals surface area contributed by atoms with Gasteiger partial charge >= 0.3 is 0 Å². The van der Waals surface area contributed by atoms with Crippen LogP contribution < -0.4 is 5.32 Å². The molecule has 0 aromatic heterocycles. The highest BCUT2D eigenvalue weighted by Gasteiger charge is 2.22. The Kier molecular flexibility index (Phi) is 4.39. The summed E-state index contributed by atoms with van der Waals surface area (Å²) in [6.07, 6.45) is 4.56. The third-order valence-corrected chi connectivity index (χ3v) is 3.11. The van der Waals surface area contributed by atoms with Crippen molar-refractivity contribution in [2.24, 2.45) is 5.92 Å². The summed E-state index contributed by atoms with van der Waals surface area (Å²) in [5, 5.41) is 3.47. The molecule has 0 aliphatic heterocycles. The lowest BCUT2D eigenvalue weighted by Gasteiger charge is -2.17. The summed E-state index contributed by atoms with van der Waals surface area (Å²) in [5.74, 6) is 0.993. The van der Waals surface area contributed by atoms with Gasteiger partial charge in [0.2, 0.25) is 5.91 Å². The van der Waals surface area contributed by atoms with Gasteiger partial charge in [-0.3, -0.25) is 4.79 Å². The smallest absolute Gasteiger partial charge is 0.223 e. The lowest BCUT2D eigenvalue weighted by molar-refractivity contribution is -0.128. The second-order valence-electron chi connectivity index (χ2n) is 4.51. The average molecular weight is 198 g/mol. The van der Waals surface area contributed by atoms with E-state index in [1.807, 2.05) is 0 Å². The molecule has 1 aliphatic rings. The standard InChI is InChI=1S/C11H22N2O/c1-9-5-4-6-10(9)12-8-7-11(14)13(2)3/h9-10,12H,4-8H2,1-3H3. The van der Waals surface area contributed by atoms with Gasteiger partial charge in [0.05, 0.1) is 0 Å². The first-order valence-electron chi connectivity index (χ1n) is 5.55. The average Bonchev–Trinajstić information content (AvgIpc) is 2.51. The van der Waals surface area contributed by atoms with Gasteiger partial charge in [-0.2, -0.15) is 0 Å². The van der Waals surface area contributed by atoms with Crippen molar-refractivity contribution in [3.8, 4) is 0 Å². The first kappa shape index (κ1) is 11.5. The topological polar surface area (TPSA) is 32.3 Å². The summed E-state index contributed by atoms with van der Waals surface area (Å²) >= 11 is 0. The molecule has 0 radical (unpaired) electrons. The van der Waals surface area contributed by atoms with Crippen LogP contribution in [0.15, 0.2) is 0 Å². The fourth-order valence-corrected chi connectivity index (χ4v) is 2.04. The molecule has 14 heavy (non-hydrogen) atoms. The zero-order valence-electron chi connectivity index (χ0n) is 9.55. The molecule has 2 atom stereocenters.